The summed E-state index contributed by atoms with van der Waals surface area (Å²) in [5, 5.41) is 0. The summed E-state index contributed by atoms with van der Waals surface area (Å²) in [6.45, 7) is 42.8. The fourth-order valence-electron chi connectivity index (χ4n) is 11.0. The van der Waals surface area contributed by atoms with Gasteiger partial charge >= 0.3 is 0 Å². The Kier molecular flexibility index (Phi) is 14.4. The molecule has 0 unspecified atom stereocenters. The third-order valence-corrected chi connectivity index (χ3v) is 15.1. The molecule has 2 aliphatic heterocycles. The molecular weight excluding hydrogens is 790 g/mol. The second-order valence-corrected chi connectivity index (χ2v) is 24.1. The van der Waals surface area contributed by atoms with Crippen molar-refractivity contribution in [3.8, 4) is 0 Å². The van der Waals surface area contributed by atoms with Gasteiger partial charge in [-0.1, -0.05) is 267 Å². The number of benzene rings is 6. The number of fused-ring (bicyclic) bond motifs is 4. The van der Waals surface area contributed by atoms with E-state index in [2.05, 4.69) is 234 Å². The van der Waals surface area contributed by atoms with E-state index < -0.39 is 0 Å². The molecule has 0 nitrogen and oxygen atoms in total. The van der Waals surface area contributed by atoms with E-state index in [4.69, 9.17) is 0 Å². The minimum Gasteiger partial charge on any atom is -0.0667 e. The summed E-state index contributed by atoms with van der Waals surface area (Å²) in [6.07, 6.45) is 2.06. The van der Waals surface area contributed by atoms with Crippen LogP contribution in [0.15, 0.2) is 109 Å². The molecule has 0 aromatic heterocycles. The topological polar surface area (TPSA) is 0 Å². The molecule has 0 saturated heterocycles. The maximum absolute atomic E-state index is 2.53. The van der Waals surface area contributed by atoms with Crippen molar-refractivity contribution in [2.75, 3.05) is 0 Å². The summed E-state index contributed by atoms with van der Waals surface area (Å²) >= 11 is 0. The molecule has 0 spiro atoms. The monoisotopic (exact) mass is 873 g/mol. The van der Waals surface area contributed by atoms with E-state index in [0.717, 1.165) is 12.8 Å². The van der Waals surface area contributed by atoms with E-state index in [1.807, 2.05) is 0 Å². The summed E-state index contributed by atoms with van der Waals surface area (Å²) in [5.74, 6) is 3.02. The van der Waals surface area contributed by atoms with Crippen LogP contribution in [0, 0.1) is 0 Å². The summed E-state index contributed by atoms with van der Waals surface area (Å²) in [7, 11) is 0. The van der Waals surface area contributed by atoms with Crippen molar-refractivity contribution in [1.29, 1.82) is 0 Å². The Morgan fingerprint density at radius 1 is 0.333 bits per heavy atom. The van der Waals surface area contributed by atoms with Gasteiger partial charge in [0.25, 0.3) is 0 Å². The number of hydrogen-bond acceptors (Lipinski definition) is 0. The van der Waals surface area contributed by atoms with Gasteiger partial charge in [0.1, 0.15) is 0 Å². The maximum atomic E-state index is 2.53. The zero-order valence-corrected chi connectivity index (χ0v) is 44.4. The Balaban J connectivity index is 0.000000196. The second-order valence-electron chi connectivity index (χ2n) is 24.1. The van der Waals surface area contributed by atoms with Gasteiger partial charge < -0.3 is 0 Å². The lowest BCUT2D eigenvalue weighted by atomic mass is 9.31. The maximum Gasteiger partial charge on any atom is 0.242 e. The van der Waals surface area contributed by atoms with Crippen molar-refractivity contribution in [3.63, 3.8) is 0 Å². The second kappa shape index (κ2) is 19.2. The van der Waals surface area contributed by atoms with E-state index in [0.29, 0.717) is 48.9 Å². The summed E-state index contributed by atoms with van der Waals surface area (Å²) in [4.78, 5) is 0. The highest BCUT2D eigenvalue weighted by Crippen LogP contribution is 2.32. The van der Waals surface area contributed by atoms with Crippen molar-refractivity contribution in [2.24, 2.45) is 0 Å². The lowest BCUT2D eigenvalue weighted by Gasteiger charge is -2.33. The van der Waals surface area contributed by atoms with Gasteiger partial charge in [-0.15, -0.1) is 0 Å². The Bertz CT molecular complexity index is 2630. The van der Waals surface area contributed by atoms with Crippen LogP contribution in [0.25, 0.3) is 0 Å². The van der Waals surface area contributed by atoms with Crippen LogP contribution >= 0.6 is 0 Å². The minimum atomic E-state index is 0.139. The molecule has 2 heterocycles. The van der Waals surface area contributed by atoms with Gasteiger partial charge in [0.2, 0.25) is 13.4 Å². The highest BCUT2D eigenvalue weighted by molar-refractivity contribution is 6.97. The third-order valence-electron chi connectivity index (χ3n) is 15.1. The molecule has 0 amide bonds. The first-order chi connectivity index (χ1) is 31.0. The molecule has 66 heavy (non-hydrogen) atoms. The lowest BCUT2D eigenvalue weighted by molar-refractivity contribution is 0.589. The number of rotatable bonds is 8. The molecule has 0 saturated carbocycles. The van der Waals surface area contributed by atoms with Crippen LogP contribution in [0.1, 0.15) is 227 Å². The van der Waals surface area contributed by atoms with Gasteiger partial charge in [0.15, 0.2) is 0 Å². The van der Waals surface area contributed by atoms with Gasteiger partial charge in [-0.2, -0.15) is 0 Å². The molecule has 8 rings (SSSR count). The highest BCUT2D eigenvalue weighted by atomic mass is 14.3. The van der Waals surface area contributed by atoms with Gasteiger partial charge in [0, 0.05) is 0 Å². The van der Waals surface area contributed by atoms with Crippen LogP contribution in [0.5, 0.6) is 0 Å². The molecule has 0 radical (unpaired) electrons. The van der Waals surface area contributed by atoms with Crippen LogP contribution < -0.4 is 32.8 Å². The zero-order chi connectivity index (χ0) is 48.2. The summed E-state index contributed by atoms with van der Waals surface area (Å²) in [6, 6.07) is 43.0. The van der Waals surface area contributed by atoms with E-state index in [-0.39, 0.29) is 10.8 Å². The molecule has 0 atom stereocenters. The predicted octanol–water partition coefficient (Wildman–Crippen LogP) is 13.5. The van der Waals surface area contributed by atoms with Gasteiger partial charge in [-0.05, 0) is 126 Å². The van der Waals surface area contributed by atoms with Crippen LogP contribution in [0.2, 0.25) is 0 Å². The van der Waals surface area contributed by atoms with Gasteiger partial charge in [-0.25, -0.2) is 0 Å². The van der Waals surface area contributed by atoms with Crippen LogP contribution in [0.3, 0.4) is 0 Å². The molecule has 344 valence electrons. The molecule has 0 aliphatic carbocycles. The van der Waals surface area contributed by atoms with Crippen molar-refractivity contribution in [2.45, 2.75) is 184 Å². The zero-order valence-electron chi connectivity index (χ0n) is 44.4. The SMILES string of the molecule is CC(C)c1cc(C(C)C)c(B2c3ccccc3Cc3cc(C(C)(C)C)ccc32)c(C(C)C)c1.CC(C)c1cc(C(C)C)c(B2c3ccccc3Cc3ccc(C(C)(C)C)cc32)c(C(C)C)c1. The van der Waals surface area contributed by atoms with Crippen molar-refractivity contribution in [3.05, 3.63) is 176 Å². The first-order valence-corrected chi connectivity index (χ1v) is 25.7. The first kappa shape index (κ1) is 49.4. The number of hydrogen-bond donors (Lipinski definition) is 0. The smallest absolute Gasteiger partial charge is 0.0667 e. The van der Waals surface area contributed by atoms with E-state index in [1.54, 1.807) is 10.9 Å². The molecule has 0 fully saturated rings. The van der Waals surface area contributed by atoms with Crippen molar-refractivity contribution >= 4 is 46.2 Å². The average Bonchev–Trinajstić information content (AvgIpc) is 3.25. The quantitative estimate of drug-likeness (QED) is 0.133. The molecule has 6 aromatic rings. The van der Waals surface area contributed by atoms with Crippen LogP contribution in [-0.4, -0.2) is 13.4 Å². The molecule has 2 heteroatoms. The van der Waals surface area contributed by atoms with E-state index in [1.165, 1.54) is 88.6 Å². The fraction of sp³-hybridized carbons (Fsp3) is 0.438. The Labute approximate surface area is 404 Å². The largest absolute Gasteiger partial charge is 0.242 e. The van der Waals surface area contributed by atoms with E-state index in [9.17, 15) is 0 Å². The Morgan fingerprint density at radius 2 is 0.667 bits per heavy atom. The van der Waals surface area contributed by atoms with Gasteiger partial charge in [0.05, 0.1) is 0 Å². The molecule has 6 aromatic carbocycles. The van der Waals surface area contributed by atoms with Crippen LogP contribution in [0.4, 0.5) is 0 Å². The van der Waals surface area contributed by atoms with E-state index >= 15 is 0 Å². The standard InChI is InChI=1S/2C32H41B/c1-20(2)24-18-27(21(3)4)31(28(19-24)22(5)6)33-29-13-11-10-12-23(29)16-25-17-26(32(7,8)9)14-15-30(25)33;1-20(2)25-17-27(21(3)4)31(28(18-25)22(5)6)33-29-13-11-10-12-23(29)16-24-14-15-26(19-30(24)33)32(7,8)9/h2*10-15,17-22H,16H2,1-9H3. The predicted molar refractivity (Wildman–Crippen MR) is 296 cm³/mol. The first-order valence-electron chi connectivity index (χ1n) is 25.7. The molecule has 0 bridgehead atoms. The van der Waals surface area contributed by atoms with Crippen molar-refractivity contribution in [1.82, 2.24) is 0 Å². The average molecular weight is 873 g/mol. The van der Waals surface area contributed by atoms with Crippen LogP contribution in [-0.2, 0) is 23.7 Å². The fourth-order valence-corrected chi connectivity index (χ4v) is 11.0. The minimum absolute atomic E-state index is 0.139. The molecule has 0 N–H and O–H groups in total. The molecular formula is C64H82B2. The lowest BCUT2D eigenvalue weighted by Crippen LogP contribution is -2.59. The normalized spacial score (nSPS) is 13.6. The summed E-state index contributed by atoms with van der Waals surface area (Å²) < 4.78 is 0. The van der Waals surface area contributed by atoms with Gasteiger partial charge in [-0.3, -0.25) is 0 Å². The third kappa shape index (κ3) is 9.87. The Hall–Kier alpha value is -4.55. The Morgan fingerprint density at radius 3 is 1.06 bits per heavy atom. The summed E-state index contributed by atoms with van der Waals surface area (Å²) in [5.41, 5.74) is 27.3. The van der Waals surface area contributed by atoms with Crippen molar-refractivity contribution < 1.29 is 0 Å². The highest BCUT2D eigenvalue weighted by Gasteiger charge is 2.37. The molecule has 2 aliphatic rings.